The summed E-state index contributed by atoms with van der Waals surface area (Å²) in [7, 11) is 0. The molecular formula is C24H15Cl3N2O4. The molecule has 5 rings (SSSR count). The summed E-state index contributed by atoms with van der Waals surface area (Å²) in [5, 5.41) is 11.1. The first-order valence-corrected chi connectivity index (χ1v) is 11.0. The molecule has 0 fully saturated rings. The summed E-state index contributed by atoms with van der Waals surface area (Å²) in [5.74, 6) is 1.35. The van der Waals surface area contributed by atoms with E-state index in [1.54, 1.807) is 36.4 Å². The van der Waals surface area contributed by atoms with Gasteiger partial charge >= 0.3 is 0 Å². The maximum absolute atomic E-state index is 9.81. The van der Waals surface area contributed by atoms with E-state index in [0.29, 0.717) is 49.2 Å². The van der Waals surface area contributed by atoms with Crippen LogP contribution in [-0.2, 0) is 6.61 Å². The number of fused-ring (bicyclic) bond motifs is 2. The van der Waals surface area contributed by atoms with E-state index in [-0.39, 0.29) is 24.9 Å². The minimum Gasteiger partial charge on any atom is -0.486 e. The van der Waals surface area contributed by atoms with Crippen molar-refractivity contribution in [3.05, 3.63) is 91.7 Å². The van der Waals surface area contributed by atoms with Gasteiger partial charge in [0.15, 0.2) is 17.2 Å². The first kappa shape index (κ1) is 21.6. The Kier molecular flexibility index (Phi) is 5.63. The van der Waals surface area contributed by atoms with Crippen molar-refractivity contribution >= 4 is 34.8 Å². The molecule has 33 heavy (non-hydrogen) atoms. The van der Waals surface area contributed by atoms with Crippen LogP contribution in [0.3, 0.4) is 0 Å². The van der Waals surface area contributed by atoms with Crippen LogP contribution in [0.25, 0.3) is 0 Å². The van der Waals surface area contributed by atoms with Gasteiger partial charge in [0.25, 0.3) is 0 Å². The van der Waals surface area contributed by atoms with Gasteiger partial charge in [-0.15, -0.1) is 0 Å². The first-order valence-electron chi connectivity index (χ1n) is 9.82. The van der Waals surface area contributed by atoms with Crippen molar-refractivity contribution < 1.29 is 18.9 Å². The second-order valence-electron chi connectivity index (χ2n) is 7.40. The molecule has 3 aromatic carbocycles. The van der Waals surface area contributed by atoms with E-state index in [1.165, 1.54) is 0 Å². The monoisotopic (exact) mass is 500 g/mol. The fourth-order valence-electron chi connectivity index (χ4n) is 3.81. The van der Waals surface area contributed by atoms with Crippen molar-refractivity contribution in [1.29, 1.82) is 5.26 Å². The van der Waals surface area contributed by atoms with Gasteiger partial charge < -0.3 is 24.7 Å². The van der Waals surface area contributed by atoms with Gasteiger partial charge in [-0.3, -0.25) is 0 Å². The highest BCUT2D eigenvalue weighted by molar-refractivity contribution is 6.37. The molecule has 1 atom stereocenters. The van der Waals surface area contributed by atoms with Crippen molar-refractivity contribution in [2.45, 2.75) is 12.5 Å². The Labute approximate surface area is 204 Å². The van der Waals surface area contributed by atoms with E-state index in [9.17, 15) is 5.26 Å². The molecule has 2 aliphatic rings. The lowest BCUT2D eigenvalue weighted by molar-refractivity contribution is 0.174. The minimum atomic E-state index is -0.562. The van der Waals surface area contributed by atoms with Gasteiger partial charge in [0.05, 0.1) is 16.0 Å². The van der Waals surface area contributed by atoms with Gasteiger partial charge in [0, 0.05) is 16.7 Å². The third-order valence-electron chi connectivity index (χ3n) is 5.36. The number of rotatable bonds is 4. The van der Waals surface area contributed by atoms with Gasteiger partial charge in [0.1, 0.15) is 24.0 Å². The molecule has 0 aliphatic carbocycles. The van der Waals surface area contributed by atoms with Crippen LogP contribution >= 0.6 is 34.8 Å². The molecule has 0 amide bonds. The second kappa shape index (κ2) is 8.60. The van der Waals surface area contributed by atoms with Crippen LogP contribution in [-0.4, -0.2) is 6.79 Å². The van der Waals surface area contributed by atoms with E-state index in [4.69, 9.17) is 59.5 Å². The summed E-state index contributed by atoms with van der Waals surface area (Å²) >= 11 is 19.0. The molecule has 3 aromatic rings. The Morgan fingerprint density at radius 3 is 2.30 bits per heavy atom. The largest absolute Gasteiger partial charge is 0.486 e. The molecule has 6 nitrogen and oxygen atoms in total. The number of hydrogen-bond acceptors (Lipinski definition) is 6. The van der Waals surface area contributed by atoms with Gasteiger partial charge in [-0.2, -0.15) is 5.26 Å². The maximum Gasteiger partial charge on any atom is 0.231 e. The summed E-state index contributed by atoms with van der Waals surface area (Å²) in [5.41, 5.74) is 8.56. The van der Waals surface area contributed by atoms with Crippen molar-refractivity contribution in [1.82, 2.24) is 0 Å². The van der Waals surface area contributed by atoms with Crippen molar-refractivity contribution in [2.24, 2.45) is 5.73 Å². The lowest BCUT2D eigenvalue weighted by Crippen LogP contribution is -2.21. The van der Waals surface area contributed by atoms with Crippen molar-refractivity contribution in [3.63, 3.8) is 0 Å². The van der Waals surface area contributed by atoms with Crippen molar-refractivity contribution in [3.8, 4) is 29.1 Å². The molecule has 0 unspecified atom stereocenters. The van der Waals surface area contributed by atoms with Crippen LogP contribution in [0, 0.1) is 11.3 Å². The smallest absolute Gasteiger partial charge is 0.231 e. The molecule has 0 radical (unpaired) electrons. The van der Waals surface area contributed by atoms with E-state index >= 15 is 0 Å². The van der Waals surface area contributed by atoms with E-state index in [0.717, 1.165) is 5.56 Å². The highest BCUT2D eigenvalue weighted by Crippen LogP contribution is 2.49. The number of halogens is 3. The number of nitrogens with zero attached hydrogens (tertiary/aromatic N) is 1. The van der Waals surface area contributed by atoms with E-state index < -0.39 is 5.92 Å². The second-order valence-corrected chi connectivity index (χ2v) is 8.65. The highest BCUT2D eigenvalue weighted by atomic mass is 35.5. The fraction of sp³-hybridized carbons (Fsp3) is 0.125. The third kappa shape index (κ3) is 4.00. The Bertz CT molecular complexity index is 1310. The number of benzene rings is 3. The zero-order valence-electron chi connectivity index (χ0n) is 16.9. The zero-order valence-corrected chi connectivity index (χ0v) is 19.2. The molecule has 0 saturated carbocycles. The highest BCUT2D eigenvalue weighted by Gasteiger charge is 2.34. The van der Waals surface area contributed by atoms with Crippen LogP contribution in [0.15, 0.2) is 60.0 Å². The molecular weight excluding hydrogens is 487 g/mol. The SMILES string of the molecule is N#CC1=C(N)Oc2cc3c(cc2[C@H]1c1cc(Cl)c(OCc2ccc(Cl)cc2)c(Cl)c1)OCO3. The molecule has 0 spiro atoms. The lowest BCUT2D eigenvalue weighted by Gasteiger charge is -2.27. The Hall–Kier alpha value is -3.24. The van der Waals surface area contributed by atoms with Gasteiger partial charge in [-0.1, -0.05) is 46.9 Å². The first-order chi connectivity index (χ1) is 15.9. The van der Waals surface area contributed by atoms with Crippen LogP contribution in [0.5, 0.6) is 23.0 Å². The standard InChI is InChI=1S/C24H15Cl3N2O4/c25-14-3-1-12(2-4-14)10-30-23-17(26)5-13(6-18(23)27)22-15-7-20-21(32-11-31-20)8-19(15)33-24(29)16(22)9-28/h1-8,22H,10-11,29H2/t22-/m1/s1. The summed E-state index contributed by atoms with van der Waals surface area (Å²) < 4.78 is 22.5. The van der Waals surface area contributed by atoms with Crippen LogP contribution in [0.1, 0.15) is 22.6 Å². The molecule has 0 saturated heterocycles. The number of allylic oxidation sites excluding steroid dienone is 1. The topological polar surface area (TPSA) is 86.7 Å². The number of ether oxygens (including phenoxy) is 4. The fourth-order valence-corrected chi connectivity index (χ4v) is 4.55. The van der Waals surface area contributed by atoms with Gasteiger partial charge in [-0.05, 0) is 41.5 Å². The van der Waals surface area contributed by atoms with Crippen LogP contribution < -0.4 is 24.7 Å². The molecule has 166 valence electrons. The predicted molar refractivity (Wildman–Crippen MR) is 124 cm³/mol. The van der Waals surface area contributed by atoms with Gasteiger partial charge in [0.2, 0.25) is 12.7 Å². The quantitative estimate of drug-likeness (QED) is 0.460. The van der Waals surface area contributed by atoms with Gasteiger partial charge in [-0.25, -0.2) is 0 Å². The summed E-state index contributed by atoms with van der Waals surface area (Å²) in [4.78, 5) is 0. The summed E-state index contributed by atoms with van der Waals surface area (Å²) in [6, 6.07) is 16.3. The molecule has 9 heteroatoms. The van der Waals surface area contributed by atoms with Crippen LogP contribution in [0.4, 0.5) is 0 Å². The zero-order chi connectivity index (χ0) is 23.1. The minimum absolute atomic E-state index is 0.00387. The normalized spacial score (nSPS) is 16.1. The molecule has 2 N–H and O–H groups in total. The number of hydrogen-bond donors (Lipinski definition) is 1. The molecule has 0 aromatic heterocycles. The Morgan fingerprint density at radius 1 is 0.970 bits per heavy atom. The Morgan fingerprint density at radius 2 is 1.64 bits per heavy atom. The average molecular weight is 502 g/mol. The maximum atomic E-state index is 9.81. The molecule has 2 aliphatic heterocycles. The molecule has 2 heterocycles. The predicted octanol–water partition coefficient (Wildman–Crippen LogP) is 6.17. The molecule has 0 bridgehead atoms. The third-order valence-corrected chi connectivity index (χ3v) is 6.17. The number of nitrogens with two attached hydrogens (primary N) is 1. The summed E-state index contributed by atoms with van der Waals surface area (Å²) in [6.07, 6.45) is 0. The average Bonchev–Trinajstić information content (AvgIpc) is 3.24. The van der Waals surface area contributed by atoms with E-state index in [2.05, 4.69) is 6.07 Å². The summed E-state index contributed by atoms with van der Waals surface area (Å²) in [6.45, 7) is 0.365. The van der Waals surface area contributed by atoms with E-state index in [1.807, 2.05) is 12.1 Å². The van der Waals surface area contributed by atoms with Crippen molar-refractivity contribution in [2.75, 3.05) is 6.79 Å². The Balaban J connectivity index is 1.52. The van der Waals surface area contributed by atoms with Crippen LogP contribution in [0.2, 0.25) is 15.1 Å². The lowest BCUT2D eigenvalue weighted by atomic mass is 9.83. The number of nitriles is 1.